The van der Waals surface area contributed by atoms with Gasteiger partial charge in [0, 0.05) is 43.7 Å². The van der Waals surface area contributed by atoms with Gasteiger partial charge in [0.1, 0.15) is 21.4 Å². The van der Waals surface area contributed by atoms with Crippen LogP contribution in [0, 0.1) is 12.8 Å². The second-order valence-corrected chi connectivity index (χ2v) is 9.47. The third kappa shape index (κ3) is 4.70. The monoisotopic (exact) mass is 458 g/mol. The van der Waals surface area contributed by atoms with Crippen molar-refractivity contribution >= 4 is 33.1 Å². The summed E-state index contributed by atoms with van der Waals surface area (Å²) >= 11 is 1.27. The van der Waals surface area contributed by atoms with Gasteiger partial charge in [0.2, 0.25) is 0 Å². The fourth-order valence-electron chi connectivity index (χ4n) is 4.18. The SMILES string of the molecule is Cc1ccc2c(N)c(C(=O)N(C)CCC3C=C(F)C=C(N4CCCCC4)C(F)=C3)sc2n1. The molecule has 0 spiro atoms. The molecular weight excluding hydrogens is 430 g/mol. The van der Waals surface area contributed by atoms with Gasteiger partial charge in [0.05, 0.1) is 11.4 Å². The third-order valence-electron chi connectivity index (χ3n) is 6.02. The van der Waals surface area contributed by atoms with Crippen LogP contribution in [0.2, 0.25) is 0 Å². The molecule has 0 saturated carbocycles. The second kappa shape index (κ2) is 9.40. The van der Waals surface area contributed by atoms with Crippen LogP contribution >= 0.6 is 11.3 Å². The van der Waals surface area contributed by atoms with Crippen molar-refractivity contribution in [3.63, 3.8) is 0 Å². The molecule has 1 unspecified atom stereocenters. The van der Waals surface area contributed by atoms with Gasteiger partial charge >= 0.3 is 0 Å². The average molecular weight is 459 g/mol. The summed E-state index contributed by atoms with van der Waals surface area (Å²) in [6.07, 6.45) is 7.69. The van der Waals surface area contributed by atoms with E-state index in [9.17, 15) is 13.6 Å². The summed E-state index contributed by atoms with van der Waals surface area (Å²) in [5.74, 6) is -1.49. The minimum absolute atomic E-state index is 0.210. The molecule has 2 N–H and O–H groups in total. The Kier molecular flexibility index (Phi) is 6.60. The number of aryl methyl sites for hydroxylation is 1. The molecule has 2 aliphatic rings. The summed E-state index contributed by atoms with van der Waals surface area (Å²) in [6, 6.07) is 3.74. The van der Waals surface area contributed by atoms with Crippen molar-refractivity contribution in [2.24, 2.45) is 5.92 Å². The van der Waals surface area contributed by atoms with E-state index >= 15 is 0 Å². The van der Waals surface area contributed by atoms with Gasteiger partial charge in [-0.3, -0.25) is 4.79 Å². The van der Waals surface area contributed by atoms with Crippen LogP contribution in [-0.4, -0.2) is 47.4 Å². The van der Waals surface area contributed by atoms with Crippen molar-refractivity contribution in [3.05, 3.63) is 58.3 Å². The number of nitrogens with zero attached hydrogens (tertiary/aromatic N) is 3. The number of pyridine rings is 1. The van der Waals surface area contributed by atoms with E-state index in [1.54, 1.807) is 11.9 Å². The number of fused-ring (bicyclic) bond motifs is 1. The zero-order chi connectivity index (χ0) is 22.8. The molecule has 32 heavy (non-hydrogen) atoms. The van der Waals surface area contributed by atoms with Crippen molar-refractivity contribution in [2.75, 3.05) is 32.4 Å². The lowest BCUT2D eigenvalue weighted by atomic mass is 10.0. The Hall–Kier alpha value is -2.74. The third-order valence-corrected chi connectivity index (χ3v) is 7.12. The van der Waals surface area contributed by atoms with Crippen molar-refractivity contribution < 1.29 is 13.6 Å². The van der Waals surface area contributed by atoms with Crippen LogP contribution in [0.5, 0.6) is 0 Å². The Bertz CT molecular complexity index is 1110. The average Bonchev–Trinajstić information content (AvgIpc) is 3.02. The van der Waals surface area contributed by atoms with Gasteiger partial charge < -0.3 is 15.5 Å². The summed E-state index contributed by atoms with van der Waals surface area (Å²) < 4.78 is 29.4. The molecule has 170 valence electrons. The molecule has 2 aromatic heterocycles. The number of carbonyl (C=O) groups excluding carboxylic acids is 1. The van der Waals surface area contributed by atoms with Gasteiger partial charge in [-0.1, -0.05) is 0 Å². The lowest BCUT2D eigenvalue weighted by molar-refractivity contribution is 0.0797. The standard InChI is InChI=1S/C24H28F2N4OS/c1-15-6-7-18-21(27)22(32-23(18)28-15)24(31)29(2)11-8-16-12-17(25)14-20(19(26)13-16)30-9-4-3-5-10-30/h6-7,12-14,16H,3-5,8-11,27H2,1-2H3. The zero-order valence-corrected chi connectivity index (χ0v) is 19.2. The molecule has 1 aliphatic carbocycles. The first-order valence-electron chi connectivity index (χ1n) is 11.0. The highest BCUT2D eigenvalue weighted by Crippen LogP contribution is 2.34. The van der Waals surface area contributed by atoms with Gasteiger partial charge in [-0.2, -0.15) is 0 Å². The predicted molar refractivity (Wildman–Crippen MR) is 126 cm³/mol. The van der Waals surface area contributed by atoms with Crippen molar-refractivity contribution in [1.82, 2.24) is 14.8 Å². The predicted octanol–water partition coefficient (Wildman–Crippen LogP) is 5.36. The van der Waals surface area contributed by atoms with Crippen molar-refractivity contribution in [2.45, 2.75) is 32.6 Å². The van der Waals surface area contributed by atoms with E-state index in [1.807, 2.05) is 24.0 Å². The number of likely N-dealkylation sites (tertiary alicyclic amines) is 1. The summed E-state index contributed by atoms with van der Waals surface area (Å²) in [6.45, 7) is 3.72. The van der Waals surface area contributed by atoms with Gasteiger partial charge in [0.15, 0.2) is 0 Å². The summed E-state index contributed by atoms with van der Waals surface area (Å²) in [5, 5.41) is 0.771. The zero-order valence-electron chi connectivity index (χ0n) is 18.4. The lowest BCUT2D eigenvalue weighted by Gasteiger charge is -2.30. The maximum absolute atomic E-state index is 14.9. The van der Waals surface area contributed by atoms with E-state index in [0.717, 1.165) is 48.3 Å². The lowest BCUT2D eigenvalue weighted by Crippen LogP contribution is -2.29. The summed E-state index contributed by atoms with van der Waals surface area (Å²) in [4.78, 5) is 22.1. The minimum atomic E-state index is -0.441. The molecular formula is C24H28F2N4OS. The number of allylic oxidation sites excluding steroid dienone is 5. The normalized spacial score (nSPS) is 19.3. The molecule has 4 rings (SSSR count). The quantitative estimate of drug-likeness (QED) is 0.656. The largest absolute Gasteiger partial charge is 0.397 e. The molecule has 1 amide bonds. The smallest absolute Gasteiger partial charge is 0.265 e. The number of aromatic nitrogens is 1. The Balaban J connectivity index is 1.44. The number of amides is 1. The van der Waals surface area contributed by atoms with Crippen LogP contribution in [0.1, 0.15) is 41.0 Å². The maximum Gasteiger partial charge on any atom is 0.265 e. The van der Waals surface area contributed by atoms with Gasteiger partial charge in [-0.15, -0.1) is 11.3 Å². The second-order valence-electron chi connectivity index (χ2n) is 8.47. The number of anilines is 1. The number of halogens is 2. The number of hydrogen-bond acceptors (Lipinski definition) is 5. The van der Waals surface area contributed by atoms with Gasteiger partial charge in [0.25, 0.3) is 5.91 Å². The van der Waals surface area contributed by atoms with Crippen LogP contribution < -0.4 is 5.73 Å². The molecule has 1 fully saturated rings. The van der Waals surface area contributed by atoms with Crippen LogP contribution in [0.3, 0.4) is 0 Å². The maximum atomic E-state index is 14.9. The van der Waals surface area contributed by atoms with Crippen LogP contribution in [-0.2, 0) is 0 Å². The molecule has 1 saturated heterocycles. The van der Waals surface area contributed by atoms with Crippen molar-refractivity contribution in [1.29, 1.82) is 0 Å². The minimum Gasteiger partial charge on any atom is -0.397 e. The number of thiophene rings is 1. The molecule has 2 aromatic rings. The first-order valence-corrected chi connectivity index (χ1v) is 11.8. The fraction of sp³-hybridized carbons (Fsp3) is 0.417. The van der Waals surface area contributed by atoms with E-state index < -0.39 is 17.6 Å². The van der Waals surface area contributed by atoms with E-state index in [-0.39, 0.29) is 5.91 Å². The highest BCUT2D eigenvalue weighted by atomic mass is 32.1. The Morgan fingerprint density at radius 2 is 2.00 bits per heavy atom. The topological polar surface area (TPSA) is 62.5 Å². The summed E-state index contributed by atoms with van der Waals surface area (Å²) in [5.41, 5.74) is 7.82. The van der Waals surface area contributed by atoms with E-state index in [1.165, 1.54) is 29.6 Å². The van der Waals surface area contributed by atoms with Gasteiger partial charge in [-0.05, 0) is 63.0 Å². The fourth-order valence-corrected chi connectivity index (χ4v) is 5.32. The van der Waals surface area contributed by atoms with Crippen molar-refractivity contribution in [3.8, 4) is 0 Å². The Morgan fingerprint density at radius 3 is 2.75 bits per heavy atom. The molecule has 8 heteroatoms. The van der Waals surface area contributed by atoms with Gasteiger partial charge in [-0.25, -0.2) is 13.8 Å². The molecule has 5 nitrogen and oxygen atoms in total. The first-order chi connectivity index (χ1) is 15.3. The highest BCUT2D eigenvalue weighted by Gasteiger charge is 2.23. The number of nitrogen functional groups attached to an aromatic ring is 1. The van der Waals surface area contributed by atoms with Crippen LogP contribution in [0.15, 0.2) is 47.7 Å². The molecule has 0 aromatic carbocycles. The first kappa shape index (κ1) is 22.5. The van der Waals surface area contributed by atoms with E-state index in [4.69, 9.17) is 5.73 Å². The Labute approximate surface area is 190 Å². The molecule has 1 aliphatic heterocycles. The number of rotatable bonds is 5. The number of carbonyl (C=O) groups is 1. The van der Waals surface area contributed by atoms with E-state index in [2.05, 4.69) is 4.98 Å². The molecule has 0 radical (unpaired) electrons. The highest BCUT2D eigenvalue weighted by molar-refractivity contribution is 7.21. The summed E-state index contributed by atoms with van der Waals surface area (Å²) in [7, 11) is 1.68. The number of piperidine rings is 1. The Morgan fingerprint density at radius 1 is 1.25 bits per heavy atom. The molecule has 0 bridgehead atoms. The number of nitrogens with two attached hydrogens (primary N) is 1. The number of hydrogen-bond donors (Lipinski definition) is 1. The van der Waals surface area contributed by atoms with E-state index in [0.29, 0.717) is 29.2 Å². The molecule has 1 atom stereocenters. The molecule has 3 heterocycles. The van der Waals surface area contributed by atoms with Crippen LogP contribution in [0.4, 0.5) is 14.5 Å². The van der Waals surface area contributed by atoms with Crippen LogP contribution in [0.25, 0.3) is 10.2 Å².